The second kappa shape index (κ2) is 5.24. The molecule has 0 radical (unpaired) electrons. The van der Waals surface area contributed by atoms with Crippen molar-refractivity contribution in [1.82, 2.24) is 4.98 Å². The normalized spacial score (nSPS) is 9.80. The molecular weight excluding hydrogens is 262 g/mol. The van der Waals surface area contributed by atoms with Gasteiger partial charge in [-0.2, -0.15) is 5.26 Å². The van der Waals surface area contributed by atoms with Crippen molar-refractivity contribution in [1.29, 1.82) is 5.26 Å². The molecule has 0 bridgehead atoms. The van der Waals surface area contributed by atoms with Gasteiger partial charge in [-0.25, -0.2) is 4.98 Å². The maximum atomic E-state index is 11.0. The summed E-state index contributed by atoms with van der Waals surface area (Å²) >= 11 is 0. The highest BCUT2D eigenvalue weighted by Crippen LogP contribution is 2.33. The molecule has 7 nitrogen and oxygen atoms in total. The van der Waals surface area contributed by atoms with Crippen molar-refractivity contribution in [3.05, 3.63) is 51.7 Å². The Labute approximate surface area is 113 Å². The number of ether oxygens (including phenoxy) is 1. The van der Waals surface area contributed by atoms with Crippen molar-refractivity contribution in [2.75, 3.05) is 0 Å². The van der Waals surface area contributed by atoms with Gasteiger partial charge in [0.1, 0.15) is 23.1 Å². The summed E-state index contributed by atoms with van der Waals surface area (Å²) in [4.78, 5) is 14.1. The second-order valence-corrected chi connectivity index (χ2v) is 3.99. The topological polar surface area (TPSA) is 109 Å². The number of hydrogen-bond donors (Lipinski definition) is 1. The van der Waals surface area contributed by atoms with Crippen LogP contribution in [0.3, 0.4) is 0 Å². The molecule has 0 fully saturated rings. The number of benzene rings is 1. The third kappa shape index (κ3) is 2.64. The molecule has 2 rings (SSSR count). The lowest BCUT2D eigenvalue weighted by Gasteiger charge is -2.07. The van der Waals surface area contributed by atoms with Crippen molar-refractivity contribution in [3.8, 4) is 23.4 Å². The van der Waals surface area contributed by atoms with Crippen LogP contribution in [0.15, 0.2) is 30.5 Å². The molecule has 0 atom stereocenters. The number of phenols is 1. The number of pyridine rings is 1. The molecule has 1 aromatic heterocycles. The lowest BCUT2D eigenvalue weighted by molar-refractivity contribution is -0.386. The standard InChI is InChI=1S/C13H9N3O4/c1-8-4-10(17)6-11(5-8)20-13-12(16(18)19)9(7-14)2-3-15-13/h2-6,17H,1H3. The van der Waals surface area contributed by atoms with Gasteiger partial charge in [-0.15, -0.1) is 0 Å². The fraction of sp³-hybridized carbons (Fsp3) is 0.0769. The first-order valence-corrected chi connectivity index (χ1v) is 5.53. The fourth-order valence-electron chi connectivity index (χ4n) is 1.68. The molecule has 0 aliphatic heterocycles. The Bertz CT molecular complexity index is 702. The van der Waals surface area contributed by atoms with Crippen molar-refractivity contribution in [3.63, 3.8) is 0 Å². The van der Waals surface area contributed by atoms with Crippen LogP contribution in [0.5, 0.6) is 17.4 Å². The van der Waals surface area contributed by atoms with Gasteiger partial charge in [0.2, 0.25) is 0 Å². The number of aromatic hydroxyl groups is 1. The fourth-order valence-corrected chi connectivity index (χ4v) is 1.68. The lowest BCUT2D eigenvalue weighted by Crippen LogP contribution is -1.98. The molecule has 1 N–H and O–H groups in total. The monoisotopic (exact) mass is 271 g/mol. The Morgan fingerprint density at radius 3 is 2.80 bits per heavy atom. The van der Waals surface area contributed by atoms with Crippen LogP contribution in [-0.4, -0.2) is 15.0 Å². The Kier molecular flexibility index (Phi) is 3.48. The smallest absolute Gasteiger partial charge is 0.348 e. The first-order valence-electron chi connectivity index (χ1n) is 5.53. The minimum absolute atomic E-state index is 0.0286. The van der Waals surface area contributed by atoms with Crippen LogP contribution >= 0.6 is 0 Å². The molecule has 7 heteroatoms. The number of phenolic OH excluding ortho intramolecular Hbond substituents is 1. The van der Waals surface area contributed by atoms with Gasteiger partial charge >= 0.3 is 11.6 Å². The van der Waals surface area contributed by atoms with Crippen LogP contribution < -0.4 is 4.74 Å². The largest absolute Gasteiger partial charge is 0.508 e. The van der Waals surface area contributed by atoms with Crippen LogP contribution in [-0.2, 0) is 0 Å². The summed E-state index contributed by atoms with van der Waals surface area (Å²) in [5, 5.41) is 29.3. The molecule has 1 heterocycles. The highest BCUT2D eigenvalue weighted by molar-refractivity contribution is 5.55. The van der Waals surface area contributed by atoms with Gasteiger partial charge in [-0.1, -0.05) is 0 Å². The maximum Gasteiger partial charge on any atom is 0.348 e. The number of rotatable bonds is 3. The Morgan fingerprint density at radius 1 is 1.45 bits per heavy atom. The minimum Gasteiger partial charge on any atom is -0.508 e. The van der Waals surface area contributed by atoms with Crippen molar-refractivity contribution in [2.24, 2.45) is 0 Å². The van der Waals surface area contributed by atoms with E-state index in [-0.39, 0.29) is 22.9 Å². The summed E-state index contributed by atoms with van der Waals surface area (Å²) in [5.41, 5.74) is 0.0759. The predicted molar refractivity (Wildman–Crippen MR) is 68.5 cm³/mol. The molecule has 2 aromatic rings. The minimum atomic E-state index is -0.726. The summed E-state index contributed by atoms with van der Waals surface area (Å²) in [5.74, 6) is -0.119. The van der Waals surface area contributed by atoms with E-state index in [2.05, 4.69) is 4.98 Å². The molecule has 1 aromatic carbocycles. The predicted octanol–water partition coefficient (Wildman–Crippen LogP) is 2.67. The van der Waals surface area contributed by atoms with Gasteiger partial charge < -0.3 is 9.84 Å². The molecule has 0 aliphatic carbocycles. The third-order valence-corrected chi connectivity index (χ3v) is 2.44. The molecule has 0 aliphatic rings. The summed E-state index contributed by atoms with van der Waals surface area (Å²) in [6.07, 6.45) is 1.25. The maximum absolute atomic E-state index is 11.0. The van der Waals surface area contributed by atoms with Crippen LogP contribution in [0.1, 0.15) is 11.1 Å². The first kappa shape index (κ1) is 13.3. The molecule has 0 unspecified atom stereocenters. The second-order valence-electron chi connectivity index (χ2n) is 3.99. The quantitative estimate of drug-likeness (QED) is 0.678. The molecular formula is C13H9N3O4. The number of nitrogens with zero attached hydrogens (tertiary/aromatic N) is 3. The lowest BCUT2D eigenvalue weighted by atomic mass is 10.2. The van der Waals surface area contributed by atoms with Gasteiger partial charge in [-0.3, -0.25) is 10.1 Å². The summed E-state index contributed by atoms with van der Waals surface area (Å²) < 4.78 is 5.31. The number of nitro groups is 1. The zero-order valence-corrected chi connectivity index (χ0v) is 10.4. The van der Waals surface area contributed by atoms with E-state index in [0.717, 1.165) is 5.56 Å². The molecule has 100 valence electrons. The van der Waals surface area contributed by atoms with E-state index >= 15 is 0 Å². The van der Waals surface area contributed by atoms with E-state index < -0.39 is 10.6 Å². The van der Waals surface area contributed by atoms with Gasteiger partial charge in [0, 0.05) is 12.3 Å². The average molecular weight is 271 g/mol. The Balaban J connectivity index is 2.49. The SMILES string of the molecule is Cc1cc(O)cc(Oc2nccc(C#N)c2[N+](=O)[O-])c1. The number of aryl methyl sites for hydroxylation is 1. The van der Waals surface area contributed by atoms with Crippen LogP contribution in [0.2, 0.25) is 0 Å². The number of hydrogen-bond acceptors (Lipinski definition) is 6. The third-order valence-electron chi connectivity index (χ3n) is 2.44. The number of nitriles is 1. The molecule has 0 saturated heterocycles. The van der Waals surface area contributed by atoms with Gasteiger partial charge in [0.15, 0.2) is 0 Å². The average Bonchev–Trinajstić information content (AvgIpc) is 2.36. The summed E-state index contributed by atoms with van der Waals surface area (Å²) in [6, 6.07) is 7.35. The molecule has 0 saturated carbocycles. The summed E-state index contributed by atoms with van der Waals surface area (Å²) in [7, 11) is 0. The first-order chi connectivity index (χ1) is 9.51. The summed E-state index contributed by atoms with van der Waals surface area (Å²) in [6.45, 7) is 1.74. The van der Waals surface area contributed by atoms with E-state index in [1.165, 1.54) is 24.4 Å². The van der Waals surface area contributed by atoms with Crippen LogP contribution in [0.4, 0.5) is 5.69 Å². The van der Waals surface area contributed by atoms with E-state index in [4.69, 9.17) is 10.00 Å². The van der Waals surface area contributed by atoms with Crippen molar-refractivity contribution >= 4 is 5.69 Å². The zero-order valence-electron chi connectivity index (χ0n) is 10.4. The van der Waals surface area contributed by atoms with E-state index in [9.17, 15) is 15.2 Å². The van der Waals surface area contributed by atoms with Crippen LogP contribution in [0, 0.1) is 28.4 Å². The highest BCUT2D eigenvalue weighted by atomic mass is 16.6. The number of aromatic nitrogens is 1. The zero-order chi connectivity index (χ0) is 14.7. The van der Waals surface area contributed by atoms with Crippen LogP contribution in [0.25, 0.3) is 0 Å². The van der Waals surface area contributed by atoms with E-state index in [0.29, 0.717) is 0 Å². The van der Waals surface area contributed by atoms with Gasteiger partial charge in [0.25, 0.3) is 0 Å². The van der Waals surface area contributed by atoms with Gasteiger partial charge in [0.05, 0.1) is 4.92 Å². The molecule has 0 amide bonds. The van der Waals surface area contributed by atoms with Gasteiger partial charge in [-0.05, 0) is 30.7 Å². The molecule has 0 spiro atoms. The highest BCUT2D eigenvalue weighted by Gasteiger charge is 2.23. The Morgan fingerprint density at radius 2 is 2.20 bits per heavy atom. The molecule has 20 heavy (non-hydrogen) atoms. The van der Waals surface area contributed by atoms with E-state index in [1.807, 2.05) is 0 Å². The van der Waals surface area contributed by atoms with E-state index in [1.54, 1.807) is 19.1 Å². The Hall–Kier alpha value is -3.14. The van der Waals surface area contributed by atoms with Crippen molar-refractivity contribution < 1.29 is 14.8 Å². The van der Waals surface area contributed by atoms with Crippen molar-refractivity contribution in [2.45, 2.75) is 6.92 Å².